The average molecular weight is 280 g/mol. The highest BCUT2D eigenvalue weighted by molar-refractivity contribution is 4.77. The maximum atomic E-state index is 12.1. The highest BCUT2D eigenvalue weighted by atomic mass is 19.4. The number of hydrogen-bond acceptors (Lipinski definition) is 2. The predicted octanol–water partition coefficient (Wildman–Crippen LogP) is 2.70. The Labute approximate surface area is 102 Å². The van der Waals surface area contributed by atoms with E-state index in [1.165, 1.54) is 0 Å². The molecule has 0 amide bonds. The molecule has 0 aromatic carbocycles. The third-order valence-electron chi connectivity index (χ3n) is 2.22. The zero-order valence-corrected chi connectivity index (χ0v) is 10.3. The Hall–Kier alpha value is -0.500. The third-order valence-corrected chi connectivity index (χ3v) is 2.22. The molecule has 2 N–H and O–H groups in total. The second-order valence-electron chi connectivity index (χ2n) is 4.30. The van der Waals surface area contributed by atoms with E-state index < -0.39 is 24.8 Å². The van der Waals surface area contributed by atoms with Crippen LogP contribution in [0.4, 0.5) is 26.3 Å². The van der Waals surface area contributed by atoms with Crippen LogP contribution in [0.3, 0.4) is 0 Å². The van der Waals surface area contributed by atoms with Crippen molar-refractivity contribution in [2.45, 2.75) is 38.7 Å². The van der Waals surface area contributed by atoms with Gasteiger partial charge in [0.25, 0.3) is 0 Å². The standard InChI is InChI=1S/C10H18F6N2/c1-7(2)18-5-3-4-17-6-8(9(11,12)13)10(14,15)16/h7-8,17-18H,3-6H2,1-2H3. The lowest BCUT2D eigenvalue weighted by Crippen LogP contribution is -2.43. The highest BCUT2D eigenvalue weighted by Crippen LogP contribution is 2.38. The van der Waals surface area contributed by atoms with Gasteiger partial charge in [-0.3, -0.25) is 0 Å². The number of alkyl halides is 6. The van der Waals surface area contributed by atoms with E-state index in [2.05, 4.69) is 10.6 Å². The van der Waals surface area contributed by atoms with E-state index in [1.54, 1.807) is 0 Å². The molecule has 0 bridgehead atoms. The van der Waals surface area contributed by atoms with Crippen molar-refractivity contribution in [3.8, 4) is 0 Å². The van der Waals surface area contributed by atoms with Crippen LogP contribution in [0.2, 0.25) is 0 Å². The van der Waals surface area contributed by atoms with Crippen molar-refractivity contribution in [2.24, 2.45) is 5.92 Å². The molecule has 0 atom stereocenters. The molecule has 0 heterocycles. The van der Waals surface area contributed by atoms with Crippen molar-refractivity contribution < 1.29 is 26.3 Å². The van der Waals surface area contributed by atoms with Crippen molar-refractivity contribution in [3.63, 3.8) is 0 Å². The Bertz CT molecular complexity index is 209. The quantitative estimate of drug-likeness (QED) is 0.553. The van der Waals surface area contributed by atoms with Gasteiger partial charge in [-0.2, -0.15) is 26.3 Å². The summed E-state index contributed by atoms with van der Waals surface area (Å²) in [6.07, 6.45) is -10.1. The maximum Gasteiger partial charge on any atom is 0.401 e. The van der Waals surface area contributed by atoms with Crippen LogP contribution < -0.4 is 10.6 Å². The van der Waals surface area contributed by atoms with Crippen molar-refractivity contribution in [1.82, 2.24) is 10.6 Å². The Morgan fingerprint density at radius 1 is 0.889 bits per heavy atom. The molecule has 0 rings (SSSR count). The molecule has 0 aromatic heterocycles. The van der Waals surface area contributed by atoms with E-state index in [9.17, 15) is 26.3 Å². The molecule has 0 aromatic rings. The van der Waals surface area contributed by atoms with E-state index >= 15 is 0 Å². The van der Waals surface area contributed by atoms with E-state index in [0.29, 0.717) is 13.0 Å². The highest BCUT2D eigenvalue weighted by Gasteiger charge is 2.56. The molecule has 0 fully saturated rings. The van der Waals surface area contributed by atoms with Crippen molar-refractivity contribution in [3.05, 3.63) is 0 Å². The molecule has 0 saturated heterocycles. The van der Waals surface area contributed by atoms with Crippen LogP contribution >= 0.6 is 0 Å². The van der Waals surface area contributed by atoms with Gasteiger partial charge in [0.05, 0.1) is 0 Å². The van der Waals surface area contributed by atoms with Crippen LogP contribution in [0.15, 0.2) is 0 Å². The summed E-state index contributed by atoms with van der Waals surface area (Å²) < 4.78 is 72.7. The zero-order chi connectivity index (χ0) is 14.4. The van der Waals surface area contributed by atoms with E-state index in [1.807, 2.05) is 13.8 Å². The zero-order valence-electron chi connectivity index (χ0n) is 10.3. The molecule has 0 spiro atoms. The van der Waals surface area contributed by atoms with Gasteiger partial charge in [-0.15, -0.1) is 0 Å². The number of halogens is 6. The molecule has 0 radical (unpaired) electrons. The summed E-state index contributed by atoms with van der Waals surface area (Å²) in [5, 5.41) is 5.20. The van der Waals surface area contributed by atoms with E-state index in [0.717, 1.165) is 0 Å². The number of rotatable bonds is 7. The number of hydrogen-bond donors (Lipinski definition) is 2. The first-order valence-electron chi connectivity index (χ1n) is 5.62. The van der Waals surface area contributed by atoms with Crippen LogP contribution in [0.5, 0.6) is 0 Å². The molecular formula is C10H18F6N2. The van der Waals surface area contributed by atoms with Gasteiger partial charge in [0.2, 0.25) is 0 Å². The van der Waals surface area contributed by atoms with Crippen molar-refractivity contribution in [2.75, 3.05) is 19.6 Å². The summed E-state index contributed by atoms with van der Waals surface area (Å²) in [5.41, 5.74) is 0. The Kier molecular flexibility index (Phi) is 6.98. The van der Waals surface area contributed by atoms with E-state index in [-0.39, 0.29) is 12.6 Å². The third kappa shape index (κ3) is 7.75. The van der Waals surface area contributed by atoms with Gasteiger partial charge in [-0.1, -0.05) is 13.8 Å². The van der Waals surface area contributed by atoms with Crippen LogP contribution in [0.1, 0.15) is 20.3 Å². The molecule has 2 nitrogen and oxygen atoms in total. The Morgan fingerprint density at radius 3 is 1.78 bits per heavy atom. The summed E-state index contributed by atoms with van der Waals surface area (Å²) in [4.78, 5) is 0. The summed E-state index contributed by atoms with van der Waals surface area (Å²) in [7, 11) is 0. The van der Waals surface area contributed by atoms with Crippen molar-refractivity contribution >= 4 is 0 Å². The minimum atomic E-state index is -5.26. The second-order valence-corrected chi connectivity index (χ2v) is 4.30. The van der Waals surface area contributed by atoms with Gasteiger partial charge in [0, 0.05) is 12.6 Å². The SMILES string of the molecule is CC(C)NCCCNCC(C(F)(F)F)C(F)(F)F. The average Bonchev–Trinajstić information content (AvgIpc) is 2.11. The molecule has 0 aliphatic rings. The topological polar surface area (TPSA) is 24.1 Å². The van der Waals surface area contributed by atoms with Gasteiger partial charge < -0.3 is 10.6 Å². The summed E-state index contributed by atoms with van der Waals surface area (Å²) in [6.45, 7) is 3.33. The van der Waals surface area contributed by atoms with Crippen LogP contribution in [-0.4, -0.2) is 38.0 Å². The van der Waals surface area contributed by atoms with Gasteiger partial charge in [-0.25, -0.2) is 0 Å². The first-order chi connectivity index (χ1) is 8.05. The molecule has 0 aliphatic carbocycles. The molecule has 0 saturated carbocycles. The molecule has 8 heteroatoms. The minimum absolute atomic E-state index is 0.113. The summed E-state index contributed by atoms with van der Waals surface area (Å²) >= 11 is 0. The van der Waals surface area contributed by atoms with Crippen LogP contribution in [-0.2, 0) is 0 Å². The summed E-state index contributed by atoms with van der Waals surface area (Å²) in [5.74, 6) is -3.30. The molecular weight excluding hydrogens is 262 g/mol. The lowest BCUT2D eigenvalue weighted by molar-refractivity contribution is -0.281. The first kappa shape index (κ1) is 17.5. The van der Waals surface area contributed by atoms with Crippen LogP contribution in [0.25, 0.3) is 0 Å². The molecule has 0 unspecified atom stereocenters. The minimum Gasteiger partial charge on any atom is -0.316 e. The van der Waals surface area contributed by atoms with Gasteiger partial charge >= 0.3 is 12.4 Å². The molecule has 0 aliphatic heterocycles. The second kappa shape index (κ2) is 7.18. The largest absolute Gasteiger partial charge is 0.401 e. The van der Waals surface area contributed by atoms with Gasteiger partial charge in [0.1, 0.15) is 0 Å². The van der Waals surface area contributed by atoms with E-state index in [4.69, 9.17) is 0 Å². The Morgan fingerprint density at radius 2 is 1.39 bits per heavy atom. The lowest BCUT2D eigenvalue weighted by Gasteiger charge is -2.23. The van der Waals surface area contributed by atoms with Crippen LogP contribution in [0, 0.1) is 5.92 Å². The fourth-order valence-corrected chi connectivity index (χ4v) is 1.27. The molecule has 18 heavy (non-hydrogen) atoms. The predicted molar refractivity (Wildman–Crippen MR) is 56.2 cm³/mol. The molecule has 110 valence electrons. The number of nitrogens with one attached hydrogen (secondary N) is 2. The van der Waals surface area contributed by atoms with Gasteiger partial charge in [-0.05, 0) is 19.5 Å². The fraction of sp³-hybridized carbons (Fsp3) is 1.00. The first-order valence-corrected chi connectivity index (χ1v) is 5.62. The van der Waals surface area contributed by atoms with Gasteiger partial charge in [0.15, 0.2) is 5.92 Å². The monoisotopic (exact) mass is 280 g/mol. The fourth-order valence-electron chi connectivity index (χ4n) is 1.27. The smallest absolute Gasteiger partial charge is 0.316 e. The maximum absolute atomic E-state index is 12.1. The lowest BCUT2D eigenvalue weighted by atomic mass is 10.1. The summed E-state index contributed by atoms with van der Waals surface area (Å²) in [6, 6.07) is 0.239. The van der Waals surface area contributed by atoms with Crippen molar-refractivity contribution in [1.29, 1.82) is 0 Å². The Balaban J connectivity index is 3.93. The normalized spacial score (nSPS) is 13.7.